The minimum absolute atomic E-state index is 0.563. The zero-order valence-electron chi connectivity index (χ0n) is 9.27. The SMILES string of the molecule is COc1cccc2nc(CC(C)C)nn12. The van der Waals surface area contributed by atoms with Crippen molar-refractivity contribution in [2.45, 2.75) is 20.3 Å². The van der Waals surface area contributed by atoms with Crippen LogP contribution in [0.2, 0.25) is 0 Å². The summed E-state index contributed by atoms with van der Waals surface area (Å²) in [5, 5.41) is 4.40. The van der Waals surface area contributed by atoms with Gasteiger partial charge in [-0.05, 0) is 12.0 Å². The highest BCUT2D eigenvalue weighted by atomic mass is 16.5. The minimum Gasteiger partial charge on any atom is -0.481 e. The van der Waals surface area contributed by atoms with Gasteiger partial charge in [-0.25, -0.2) is 4.98 Å². The lowest BCUT2D eigenvalue weighted by molar-refractivity contribution is 0.385. The van der Waals surface area contributed by atoms with Crippen LogP contribution < -0.4 is 4.74 Å². The first-order valence-corrected chi connectivity index (χ1v) is 5.09. The van der Waals surface area contributed by atoms with Crippen LogP contribution in [0.4, 0.5) is 0 Å². The van der Waals surface area contributed by atoms with E-state index >= 15 is 0 Å². The van der Waals surface area contributed by atoms with Gasteiger partial charge in [0.2, 0.25) is 5.88 Å². The molecule has 4 heteroatoms. The molecule has 0 bridgehead atoms. The molecule has 0 unspecified atom stereocenters. The van der Waals surface area contributed by atoms with Crippen molar-refractivity contribution >= 4 is 5.65 Å². The Hall–Kier alpha value is -1.58. The Morgan fingerprint density at radius 1 is 1.40 bits per heavy atom. The van der Waals surface area contributed by atoms with Gasteiger partial charge in [-0.2, -0.15) is 4.52 Å². The van der Waals surface area contributed by atoms with Crippen molar-refractivity contribution in [1.82, 2.24) is 14.6 Å². The summed E-state index contributed by atoms with van der Waals surface area (Å²) in [6.07, 6.45) is 0.894. The molecule has 0 aliphatic heterocycles. The summed E-state index contributed by atoms with van der Waals surface area (Å²) in [6.45, 7) is 4.31. The van der Waals surface area contributed by atoms with Crippen LogP contribution in [0.1, 0.15) is 19.7 Å². The first-order chi connectivity index (χ1) is 7.20. The van der Waals surface area contributed by atoms with Gasteiger partial charge in [0.25, 0.3) is 0 Å². The number of fused-ring (bicyclic) bond motifs is 1. The monoisotopic (exact) mass is 205 g/mol. The topological polar surface area (TPSA) is 39.4 Å². The van der Waals surface area contributed by atoms with E-state index in [1.54, 1.807) is 11.6 Å². The van der Waals surface area contributed by atoms with Gasteiger partial charge in [-0.1, -0.05) is 19.9 Å². The van der Waals surface area contributed by atoms with Crippen molar-refractivity contribution in [2.24, 2.45) is 5.92 Å². The molecule has 0 spiro atoms. The van der Waals surface area contributed by atoms with Crippen LogP contribution in [0.3, 0.4) is 0 Å². The van der Waals surface area contributed by atoms with E-state index in [9.17, 15) is 0 Å². The lowest BCUT2D eigenvalue weighted by Crippen LogP contribution is -1.98. The van der Waals surface area contributed by atoms with Crippen molar-refractivity contribution in [2.75, 3.05) is 7.11 Å². The van der Waals surface area contributed by atoms with Crippen molar-refractivity contribution in [3.63, 3.8) is 0 Å². The summed E-state index contributed by atoms with van der Waals surface area (Å²) in [6, 6.07) is 5.72. The van der Waals surface area contributed by atoms with Crippen molar-refractivity contribution in [1.29, 1.82) is 0 Å². The second-order valence-electron chi connectivity index (χ2n) is 3.96. The summed E-state index contributed by atoms with van der Waals surface area (Å²) in [5.74, 6) is 2.15. The highest BCUT2D eigenvalue weighted by Crippen LogP contribution is 2.13. The van der Waals surface area contributed by atoms with Gasteiger partial charge < -0.3 is 4.74 Å². The molecule has 4 nitrogen and oxygen atoms in total. The maximum absolute atomic E-state index is 5.21. The van der Waals surface area contributed by atoms with Crippen LogP contribution in [0, 0.1) is 5.92 Å². The van der Waals surface area contributed by atoms with E-state index < -0.39 is 0 Å². The highest BCUT2D eigenvalue weighted by Gasteiger charge is 2.08. The van der Waals surface area contributed by atoms with Crippen LogP contribution in [0.5, 0.6) is 5.88 Å². The Balaban J connectivity index is 2.45. The fourth-order valence-electron chi connectivity index (χ4n) is 1.53. The molecule has 0 aliphatic rings. The van der Waals surface area contributed by atoms with Gasteiger partial charge in [0.1, 0.15) is 0 Å². The standard InChI is InChI=1S/C11H15N3O/c1-8(2)7-9-12-10-5-4-6-11(15-3)14(10)13-9/h4-6,8H,7H2,1-3H3. The molecule has 0 N–H and O–H groups in total. The van der Waals surface area contributed by atoms with Gasteiger partial charge in [0.15, 0.2) is 11.5 Å². The molecular formula is C11H15N3O. The Bertz CT molecular complexity index is 462. The molecule has 0 aromatic carbocycles. The van der Waals surface area contributed by atoms with E-state index in [1.807, 2.05) is 18.2 Å². The molecule has 80 valence electrons. The van der Waals surface area contributed by atoms with Crippen LogP contribution in [0.25, 0.3) is 5.65 Å². The Labute approximate surface area is 88.9 Å². The molecule has 2 aromatic heterocycles. The summed E-state index contributed by atoms with van der Waals surface area (Å²) in [7, 11) is 1.64. The van der Waals surface area contributed by atoms with Gasteiger partial charge >= 0.3 is 0 Å². The quantitative estimate of drug-likeness (QED) is 0.768. The summed E-state index contributed by atoms with van der Waals surface area (Å²) in [4.78, 5) is 4.43. The van der Waals surface area contributed by atoms with Crippen molar-refractivity contribution in [3.05, 3.63) is 24.0 Å². The fourth-order valence-corrected chi connectivity index (χ4v) is 1.53. The molecule has 0 saturated carbocycles. The fraction of sp³-hybridized carbons (Fsp3) is 0.455. The largest absolute Gasteiger partial charge is 0.481 e. The molecule has 2 aromatic rings. The second kappa shape index (κ2) is 3.88. The molecule has 2 heterocycles. The average Bonchev–Trinajstić information content (AvgIpc) is 2.58. The Morgan fingerprint density at radius 3 is 2.87 bits per heavy atom. The molecule has 0 amide bonds. The number of rotatable bonds is 3. The van der Waals surface area contributed by atoms with Crippen molar-refractivity contribution in [3.8, 4) is 5.88 Å². The van der Waals surface area contributed by atoms with E-state index in [4.69, 9.17) is 4.74 Å². The van der Waals surface area contributed by atoms with E-state index in [-0.39, 0.29) is 0 Å². The van der Waals surface area contributed by atoms with E-state index in [1.165, 1.54) is 0 Å². The number of ether oxygens (including phenoxy) is 1. The maximum Gasteiger partial charge on any atom is 0.216 e. The predicted molar refractivity (Wildman–Crippen MR) is 58.1 cm³/mol. The molecule has 0 radical (unpaired) electrons. The third-order valence-corrected chi connectivity index (χ3v) is 2.17. The van der Waals surface area contributed by atoms with Crippen molar-refractivity contribution < 1.29 is 4.74 Å². The second-order valence-corrected chi connectivity index (χ2v) is 3.96. The number of methoxy groups -OCH3 is 1. The number of hydrogen-bond donors (Lipinski definition) is 0. The summed E-state index contributed by atoms with van der Waals surface area (Å²) in [5.41, 5.74) is 0.838. The number of pyridine rings is 1. The minimum atomic E-state index is 0.563. The number of nitrogens with zero attached hydrogens (tertiary/aromatic N) is 3. The Morgan fingerprint density at radius 2 is 2.20 bits per heavy atom. The maximum atomic E-state index is 5.21. The van der Waals surface area contributed by atoms with E-state index in [2.05, 4.69) is 23.9 Å². The number of hydrogen-bond acceptors (Lipinski definition) is 3. The lowest BCUT2D eigenvalue weighted by Gasteiger charge is -2.00. The lowest BCUT2D eigenvalue weighted by atomic mass is 10.1. The molecule has 0 aliphatic carbocycles. The molecule has 0 fully saturated rings. The zero-order chi connectivity index (χ0) is 10.8. The van der Waals surface area contributed by atoms with Gasteiger partial charge in [-0.3, -0.25) is 0 Å². The van der Waals surface area contributed by atoms with Gasteiger partial charge in [-0.15, -0.1) is 5.10 Å². The van der Waals surface area contributed by atoms with E-state index in [0.29, 0.717) is 5.92 Å². The van der Waals surface area contributed by atoms with Crippen LogP contribution in [-0.2, 0) is 6.42 Å². The third-order valence-electron chi connectivity index (χ3n) is 2.17. The normalized spacial score (nSPS) is 11.2. The molecule has 0 saturated heterocycles. The first-order valence-electron chi connectivity index (χ1n) is 5.09. The predicted octanol–water partition coefficient (Wildman–Crippen LogP) is 1.94. The molecule has 15 heavy (non-hydrogen) atoms. The van der Waals surface area contributed by atoms with Crippen LogP contribution in [-0.4, -0.2) is 21.7 Å². The van der Waals surface area contributed by atoms with Crippen LogP contribution >= 0.6 is 0 Å². The van der Waals surface area contributed by atoms with Crippen LogP contribution in [0.15, 0.2) is 18.2 Å². The zero-order valence-corrected chi connectivity index (χ0v) is 9.27. The smallest absolute Gasteiger partial charge is 0.216 e. The molecule has 2 rings (SSSR count). The highest BCUT2D eigenvalue weighted by molar-refractivity contribution is 5.40. The Kier molecular flexibility index (Phi) is 2.58. The summed E-state index contributed by atoms with van der Waals surface area (Å²) >= 11 is 0. The molecular weight excluding hydrogens is 190 g/mol. The van der Waals surface area contributed by atoms with Gasteiger partial charge in [0, 0.05) is 12.5 Å². The summed E-state index contributed by atoms with van der Waals surface area (Å²) < 4.78 is 6.94. The number of aromatic nitrogens is 3. The molecule has 0 atom stereocenters. The van der Waals surface area contributed by atoms with Gasteiger partial charge in [0.05, 0.1) is 7.11 Å². The van der Waals surface area contributed by atoms with E-state index in [0.717, 1.165) is 23.8 Å². The third kappa shape index (κ3) is 1.93. The average molecular weight is 205 g/mol. The first kappa shape index (κ1) is 9.96.